The Balaban J connectivity index is 0.000000185. The topological polar surface area (TPSA) is 324 Å². The van der Waals surface area contributed by atoms with Crippen molar-refractivity contribution < 1.29 is 88.4 Å². The first-order valence-electron chi connectivity index (χ1n) is 40.2. The molecule has 0 spiro atoms. The van der Waals surface area contributed by atoms with Gasteiger partial charge in [-0.1, -0.05) is 75.4 Å². The summed E-state index contributed by atoms with van der Waals surface area (Å²) in [4.78, 5) is 68.2. The van der Waals surface area contributed by atoms with Crippen LogP contribution in [-0.2, 0) is 84.8 Å². The summed E-state index contributed by atoms with van der Waals surface area (Å²) in [5, 5.41) is 18.4. The fourth-order valence-electron chi connectivity index (χ4n) is 15.4. The molecular formula is C87H108BN15NaO13S3. The zero-order valence-electron chi connectivity index (χ0n) is 70.8. The first-order valence-corrected chi connectivity index (χ1v) is 44.5. The largest absolute Gasteiger partial charge is 1.00 e. The van der Waals surface area contributed by atoms with Crippen LogP contribution in [0.2, 0.25) is 0 Å². The Morgan fingerprint density at radius 2 is 0.742 bits per heavy atom. The van der Waals surface area contributed by atoms with E-state index in [0.717, 1.165) is 127 Å². The molecule has 0 saturated heterocycles. The number of fused-ring (bicyclic) bond motifs is 3. The Labute approximate surface area is 727 Å². The first kappa shape index (κ1) is 94.1. The van der Waals surface area contributed by atoms with E-state index >= 15 is 0 Å². The van der Waals surface area contributed by atoms with E-state index in [0.29, 0.717) is 59.5 Å². The average Bonchev–Trinajstić information content (AvgIpc) is 1.60. The van der Waals surface area contributed by atoms with Gasteiger partial charge in [0.2, 0.25) is 5.97 Å². The summed E-state index contributed by atoms with van der Waals surface area (Å²) < 4.78 is 93.6. The average molecular weight is 1700 g/mol. The third kappa shape index (κ3) is 23.7. The summed E-state index contributed by atoms with van der Waals surface area (Å²) in [5.41, 5.74) is 9.72. The monoisotopic (exact) mass is 1700 g/mol. The van der Waals surface area contributed by atoms with Crippen molar-refractivity contribution in [1.29, 1.82) is 0 Å². The smallest absolute Gasteiger partial charge is 0.793 e. The number of ketones is 1. The van der Waals surface area contributed by atoms with Crippen LogP contribution in [0.25, 0.3) is 66.5 Å². The van der Waals surface area contributed by atoms with Gasteiger partial charge in [-0.05, 0) is 213 Å². The molecule has 3 aliphatic carbocycles. The minimum absolute atomic E-state index is 0. The molecule has 9 heterocycles. The predicted octanol–water partition coefficient (Wildman–Crippen LogP) is 11.3. The number of nitrogens with zero attached hydrogens (tertiary/aromatic N) is 14. The third-order valence-corrected chi connectivity index (χ3v) is 26.5. The maximum atomic E-state index is 13.5. The van der Waals surface area contributed by atoms with E-state index in [1.807, 2.05) is 77.4 Å². The van der Waals surface area contributed by atoms with Crippen LogP contribution in [0.1, 0.15) is 172 Å². The Morgan fingerprint density at radius 3 is 0.975 bits per heavy atom. The molecule has 120 heavy (non-hydrogen) atoms. The Hall–Kier alpha value is -9.77. The van der Waals surface area contributed by atoms with Gasteiger partial charge < -0.3 is 27.8 Å². The zero-order valence-corrected chi connectivity index (χ0v) is 75.3. The van der Waals surface area contributed by atoms with Gasteiger partial charge in [-0.15, -0.1) is 0 Å². The summed E-state index contributed by atoms with van der Waals surface area (Å²) in [6, 6.07) is 33.0. The molecule has 33 heteroatoms. The second-order valence-electron chi connectivity index (χ2n) is 30.2. The molecule has 631 valence electrons. The van der Waals surface area contributed by atoms with Crippen molar-refractivity contribution in [3.63, 3.8) is 0 Å². The van der Waals surface area contributed by atoms with Gasteiger partial charge in [-0.3, -0.25) is 23.6 Å². The van der Waals surface area contributed by atoms with E-state index in [9.17, 15) is 44.4 Å². The Kier molecular flexibility index (Phi) is 34.2. The van der Waals surface area contributed by atoms with E-state index < -0.39 is 48.0 Å². The molecule has 3 fully saturated rings. The van der Waals surface area contributed by atoms with Gasteiger partial charge in [-0.25, -0.2) is 71.5 Å². The molecule has 1 N–H and O–H groups in total. The number of hydrogen-bond donors (Lipinski definition) is 1. The van der Waals surface area contributed by atoms with Gasteiger partial charge in [0.1, 0.15) is 5.78 Å². The van der Waals surface area contributed by atoms with Crippen LogP contribution in [0.5, 0.6) is 0 Å². The number of benzene rings is 3. The zero-order chi connectivity index (χ0) is 85.7. The molecule has 28 nitrogen and oxygen atoms in total. The van der Waals surface area contributed by atoms with Crippen LogP contribution in [0.4, 0.5) is 0 Å². The van der Waals surface area contributed by atoms with Crippen molar-refractivity contribution >= 4 is 94.9 Å². The number of nitrogens with one attached hydrogen (secondary N) is 1. The van der Waals surface area contributed by atoms with Crippen molar-refractivity contribution in [3.8, 4) is 33.4 Å². The van der Waals surface area contributed by atoms with Gasteiger partial charge in [0.15, 0.2) is 16.9 Å². The number of carbonyl (C=O) groups excluding carboxylic acids is 4. The van der Waals surface area contributed by atoms with E-state index in [2.05, 4.69) is 105 Å². The first-order chi connectivity index (χ1) is 57.0. The molecule has 3 aliphatic rings. The van der Waals surface area contributed by atoms with Crippen LogP contribution >= 0.6 is 0 Å². The van der Waals surface area contributed by atoms with Gasteiger partial charge in [-0.2, -0.15) is 15.3 Å². The number of aromatic nitrogens is 12. The van der Waals surface area contributed by atoms with Crippen molar-refractivity contribution in [1.82, 2.24) is 71.3 Å². The fraction of sp³-hybridized carbons (Fsp3) is 0.402. The molecular weight excluding hydrogens is 1590 g/mol. The summed E-state index contributed by atoms with van der Waals surface area (Å²) in [6.45, 7) is 13.5. The number of rotatable bonds is 20. The number of pyridine rings is 3. The quantitative estimate of drug-likeness (QED) is 0.0421. The normalized spacial score (nSPS) is 16.2. The third-order valence-electron chi connectivity index (χ3n) is 21.5. The second kappa shape index (κ2) is 43.6. The molecule has 3 saturated carbocycles. The van der Waals surface area contributed by atoms with Crippen LogP contribution in [0, 0.1) is 0 Å². The summed E-state index contributed by atoms with van der Waals surface area (Å²) in [5.74, 6) is -0.305. The van der Waals surface area contributed by atoms with E-state index in [-0.39, 0.29) is 50.2 Å². The molecule has 9 aromatic heterocycles. The second-order valence-corrected chi connectivity index (χ2v) is 35.7. The summed E-state index contributed by atoms with van der Waals surface area (Å²) >= 11 is 0. The van der Waals surface area contributed by atoms with Crippen molar-refractivity contribution in [2.45, 2.75) is 182 Å². The molecule has 0 amide bonds. The molecule has 12 aromatic rings. The number of Topliss-reactive ketones (excluding diaryl/α,β-unsaturated/α-hetero) is 1. The van der Waals surface area contributed by atoms with Crippen molar-refractivity contribution in [2.75, 3.05) is 40.8 Å². The Morgan fingerprint density at radius 1 is 0.450 bits per heavy atom. The van der Waals surface area contributed by atoms with Gasteiger partial charge in [0, 0.05) is 172 Å². The maximum absolute atomic E-state index is 13.5. The van der Waals surface area contributed by atoms with Crippen molar-refractivity contribution in [2.24, 2.45) is 21.1 Å². The Bertz CT molecular complexity index is 5520. The number of aryl methyl sites for hydroxylation is 3. The minimum atomic E-state index is -3.81. The molecule has 0 unspecified atom stereocenters. The molecule has 3 aromatic carbocycles. The number of carbonyl (C=O) groups is 4. The SMILES string of the molecule is CC(=O)OOC(C)=O.CCCN(C)C1CCC(c2cnc3c(c2)c(-c2cnn(C)c2)cn3S(=O)(=O)c2ccccc2)CC1.CCCN(C)C1CCC(c2cnc3c(c2)c(-c2cnn(C)c2)cn3S(=O)(=O)c2ccccc2)CC1.CCCNC.Cn1cc(-c2cn(S(=O)(=O)c3ccccc3)c3ncc(C4CCC(=O)CC4)cc23)cn1.[B-]OC(C)=O.[Na+]. The molecule has 3 radical (unpaired) electrons. The summed E-state index contributed by atoms with van der Waals surface area (Å²) in [7, 11) is 4.92. The van der Waals surface area contributed by atoms with E-state index in [1.54, 1.807) is 136 Å². The van der Waals surface area contributed by atoms with Crippen LogP contribution < -0.4 is 34.9 Å². The molecule has 15 rings (SSSR count). The van der Waals surface area contributed by atoms with E-state index in [4.69, 9.17) is 9.97 Å². The predicted molar refractivity (Wildman–Crippen MR) is 460 cm³/mol. The fourth-order valence-corrected chi connectivity index (χ4v) is 19.4. The van der Waals surface area contributed by atoms with Crippen LogP contribution in [0.15, 0.2) is 198 Å². The minimum Gasteiger partial charge on any atom is -0.793 e. The van der Waals surface area contributed by atoms with E-state index in [1.165, 1.54) is 74.9 Å². The van der Waals surface area contributed by atoms with Crippen molar-refractivity contribution in [3.05, 3.63) is 200 Å². The van der Waals surface area contributed by atoms with Crippen LogP contribution in [0.3, 0.4) is 0 Å². The maximum Gasteiger partial charge on any atom is 1.00 e. The molecule has 0 bridgehead atoms. The molecule has 0 aliphatic heterocycles. The summed E-state index contributed by atoms with van der Waals surface area (Å²) in [6.07, 6.45) is 37.1. The van der Waals surface area contributed by atoms with Gasteiger partial charge in [0.05, 0.1) is 33.3 Å². The van der Waals surface area contributed by atoms with Crippen LogP contribution in [-0.4, -0.2) is 176 Å². The number of hydrogen-bond acceptors (Lipinski definition) is 22. The molecule has 0 atom stereocenters. The van der Waals surface area contributed by atoms with Gasteiger partial charge >= 0.3 is 41.5 Å². The van der Waals surface area contributed by atoms with Gasteiger partial charge in [0.25, 0.3) is 30.1 Å². The standard InChI is InChI=1S/2C27H33N5O2S.C23H22N4O3S.C4H11N.C4H6O4.C2H3BO2.Na/c2*1-4-14-30(2)23-12-10-20(11-13-23)21-15-25-26(22-17-29-31(3)18-22)19-32(27(25)28-16-21)35(33,34)24-8-6-5-7-9-24;1-26-14-18(13-25-26)22-15-27(31(29,30)20-5-3-2-4-6-20)23-21(22)11-17(12-24-23)16-7-9-19(28)10-8-16;1-3-4-5-2;1-3(5)7-8-4(2)6;1-2(4)5-3;/h2*5-9,15-20,23H,4,10-14H2,1-3H3;2-6,11-16H,7-10H2,1H3;5H,3-4H2,1-2H3;1-2H3;1H3;/q;;;;;-1;+1.